The minimum atomic E-state index is 0.861. The van der Waals surface area contributed by atoms with Crippen LogP contribution in [0, 0.1) is 12.3 Å². The Morgan fingerprint density at radius 3 is 3.00 bits per heavy atom. The predicted octanol–water partition coefficient (Wildman–Crippen LogP) is 1.63. The highest BCUT2D eigenvalue weighted by molar-refractivity contribution is 5.31. The maximum Gasteiger partial charge on any atom is 0.0428 e. The van der Waals surface area contributed by atoms with Crippen LogP contribution in [-0.2, 0) is 6.42 Å². The van der Waals surface area contributed by atoms with Crippen molar-refractivity contribution < 1.29 is 0 Å². The van der Waals surface area contributed by atoms with Crippen molar-refractivity contribution in [3.63, 3.8) is 0 Å². The lowest BCUT2D eigenvalue weighted by atomic mass is 10.2. The van der Waals surface area contributed by atoms with Crippen LogP contribution in [0.5, 0.6) is 0 Å². The van der Waals surface area contributed by atoms with Gasteiger partial charge in [0.25, 0.3) is 0 Å². The summed E-state index contributed by atoms with van der Waals surface area (Å²) < 4.78 is 0. The van der Waals surface area contributed by atoms with E-state index in [1.54, 1.807) is 6.20 Å². The Bertz CT molecular complexity index is 258. The van der Waals surface area contributed by atoms with Gasteiger partial charge in [0.15, 0.2) is 0 Å². The van der Waals surface area contributed by atoms with Crippen molar-refractivity contribution in [1.29, 1.82) is 0 Å². The van der Waals surface area contributed by atoms with Gasteiger partial charge in [-0.25, -0.2) is 0 Å². The van der Waals surface area contributed by atoms with E-state index in [1.165, 1.54) is 5.56 Å². The molecule has 1 heteroatoms. The lowest BCUT2D eigenvalue weighted by Gasteiger charge is -1.93. The van der Waals surface area contributed by atoms with Crippen molar-refractivity contribution in [1.82, 2.24) is 4.98 Å². The van der Waals surface area contributed by atoms with E-state index in [0.29, 0.717) is 0 Å². The van der Waals surface area contributed by atoms with Gasteiger partial charge in [0, 0.05) is 18.0 Å². The SMILES string of the molecule is C#Cc1cncc(CC)c1. The van der Waals surface area contributed by atoms with Crippen LogP contribution in [0.1, 0.15) is 18.1 Å². The maximum absolute atomic E-state index is 5.18. The third-order valence-corrected chi connectivity index (χ3v) is 1.37. The summed E-state index contributed by atoms with van der Waals surface area (Å²) >= 11 is 0. The molecule has 10 heavy (non-hydrogen) atoms. The van der Waals surface area contributed by atoms with Gasteiger partial charge in [0.05, 0.1) is 0 Å². The van der Waals surface area contributed by atoms with E-state index in [4.69, 9.17) is 6.42 Å². The fraction of sp³-hybridized carbons (Fsp3) is 0.222. The van der Waals surface area contributed by atoms with Crippen LogP contribution in [0.15, 0.2) is 18.5 Å². The van der Waals surface area contributed by atoms with Crippen LogP contribution < -0.4 is 0 Å². The molecule has 0 bridgehead atoms. The van der Waals surface area contributed by atoms with E-state index in [9.17, 15) is 0 Å². The summed E-state index contributed by atoms with van der Waals surface area (Å²) in [7, 11) is 0. The number of nitrogens with zero attached hydrogens (tertiary/aromatic N) is 1. The van der Waals surface area contributed by atoms with Gasteiger partial charge in [-0.15, -0.1) is 6.42 Å². The van der Waals surface area contributed by atoms with E-state index in [2.05, 4.69) is 17.8 Å². The Morgan fingerprint density at radius 2 is 2.40 bits per heavy atom. The first-order valence-electron chi connectivity index (χ1n) is 3.27. The Labute approximate surface area is 61.1 Å². The molecule has 1 aromatic heterocycles. The fourth-order valence-corrected chi connectivity index (χ4v) is 0.760. The second-order valence-corrected chi connectivity index (χ2v) is 2.08. The highest BCUT2D eigenvalue weighted by Gasteiger charge is 1.89. The summed E-state index contributed by atoms with van der Waals surface area (Å²) in [6.45, 7) is 2.08. The van der Waals surface area contributed by atoms with Crippen molar-refractivity contribution in [3.05, 3.63) is 29.6 Å². The normalized spacial score (nSPS) is 8.80. The topological polar surface area (TPSA) is 12.9 Å². The van der Waals surface area contributed by atoms with Crippen molar-refractivity contribution in [3.8, 4) is 12.3 Å². The third kappa shape index (κ3) is 1.35. The fourth-order valence-electron chi connectivity index (χ4n) is 0.760. The zero-order chi connectivity index (χ0) is 7.40. The molecule has 1 rings (SSSR count). The van der Waals surface area contributed by atoms with E-state index in [0.717, 1.165) is 12.0 Å². The van der Waals surface area contributed by atoms with Crippen LogP contribution in [-0.4, -0.2) is 4.98 Å². The maximum atomic E-state index is 5.18. The van der Waals surface area contributed by atoms with Crippen molar-refractivity contribution in [2.75, 3.05) is 0 Å². The largest absolute Gasteiger partial charge is 0.263 e. The summed E-state index contributed by atoms with van der Waals surface area (Å²) in [4.78, 5) is 3.98. The predicted molar refractivity (Wildman–Crippen MR) is 41.6 cm³/mol. The second kappa shape index (κ2) is 3.03. The van der Waals surface area contributed by atoms with Gasteiger partial charge in [-0.1, -0.05) is 12.8 Å². The lowest BCUT2D eigenvalue weighted by molar-refractivity contribution is 1.10. The number of hydrogen-bond donors (Lipinski definition) is 0. The molecule has 50 valence electrons. The molecule has 1 aromatic rings. The monoisotopic (exact) mass is 131 g/mol. The highest BCUT2D eigenvalue weighted by atomic mass is 14.6. The summed E-state index contributed by atoms with van der Waals surface area (Å²) in [6.07, 6.45) is 9.70. The lowest BCUT2D eigenvalue weighted by Crippen LogP contribution is -1.83. The molecule has 0 N–H and O–H groups in total. The molecule has 1 nitrogen and oxygen atoms in total. The molecule has 0 amide bonds. The minimum absolute atomic E-state index is 0.861. The van der Waals surface area contributed by atoms with Crippen LogP contribution in [0.4, 0.5) is 0 Å². The van der Waals surface area contributed by atoms with Gasteiger partial charge in [0.1, 0.15) is 0 Å². The molecule has 0 fully saturated rings. The Morgan fingerprint density at radius 1 is 1.60 bits per heavy atom. The highest BCUT2D eigenvalue weighted by Crippen LogP contribution is 2.00. The molecule has 1 heterocycles. The van der Waals surface area contributed by atoms with E-state index in [-0.39, 0.29) is 0 Å². The summed E-state index contributed by atoms with van der Waals surface area (Å²) in [6, 6.07) is 1.98. The van der Waals surface area contributed by atoms with Crippen LogP contribution in [0.3, 0.4) is 0 Å². The number of rotatable bonds is 1. The smallest absolute Gasteiger partial charge is 0.0428 e. The molecular weight excluding hydrogens is 122 g/mol. The Hall–Kier alpha value is -1.29. The molecule has 0 spiro atoms. The summed E-state index contributed by atoms with van der Waals surface area (Å²) in [5.41, 5.74) is 2.05. The quantitative estimate of drug-likeness (QED) is 0.528. The van der Waals surface area contributed by atoms with E-state index < -0.39 is 0 Å². The molecule has 0 atom stereocenters. The number of aromatic nitrogens is 1. The van der Waals surface area contributed by atoms with Gasteiger partial charge in [0.2, 0.25) is 0 Å². The molecule has 0 aliphatic heterocycles. The van der Waals surface area contributed by atoms with Crippen molar-refractivity contribution in [2.45, 2.75) is 13.3 Å². The third-order valence-electron chi connectivity index (χ3n) is 1.37. The molecule has 0 aromatic carbocycles. The van der Waals surface area contributed by atoms with Gasteiger partial charge in [-0.2, -0.15) is 0 Å². The van der Waals surface area contributed by atoms with Crippen molar-refractivity contribution in [2.24, 2.45) is 0 Å². The molecule has 0 aliphatic carbocycles. The number of hydrogen-bond acceptors (Lipinski definition) is 1. The van der Waals surface area contributed by atoms with Gasteiger partial charge in [-0.05, 0) is 18.1 Å². The van der Waals surface area contributed by atoms with E-state index in [1.807, 2.05) is 12.3 Å². The number of pyridine rings is 1. The molecule has 0 radical (unpaired) electrons. The van der Waals surface area contributed by atoms with Crippen LogP contribution in [0.2, 0.25) is 0 Å². The van der Waals surface area contributed by atoms with Crippen LogP contribution >= 0.6 is 0 Å². The Balaban J connectivity index is 3.01. The van der Waals surface area contributed by atoms with E-state index >= 15 is 0 Å². The molecule has 0 saturated heterocycles. The van der Waals surface area contributed by atoms with Crippen molar-refractivity contribution >= 4 is 0 Å². The average molecular weight is 131 g/mol. The van der Waals surface area contributed by atoms with Crippen LogP contribution in [0.25, 0.3) is 0 Å². The van der Waals surface area contributed by atoms with Gasteiger partial charge < -0.3 is 0 Å². The molecule has 0 saturated carbocycles. The zero-order valence-electron chi connectivity index (χ0n) is 5.96. The standard InChI is InChI=1S/C9H9N/c1-3-8-5-9(4-2)7-10-6-8/h1,5-7H,4H2,2H3. The first-order chi connectivity index (χ1) is 4.86. The van der Waals surface area contributed by atoms with Gasteiger partial charge in [-0.3, -0.25) is 4.98 Å². The molecule has 0 aliphatic rings. The Kier molecular flexibility index (Phi) is 2.07. The second-order valence-electron chi connectivity index (χ2n) is 2.08. The molecule has 0 unspecified atom stereocenters. The first kappa shape index (κ1) is 6.82. The average Bonchev–Trinajstić information content (AvgIpc) is 2.05. The molecular formula is C9H9N. The first-order valence-corrected chi connectivity index (χ1v) is 3.27. The summed E-state index contributed by atoms with van der Waals surface area (Å²) in [5.74, 6) is 2.54. The minimum Gasteiger partial charge on any atom is -0.263 e. The van der Waals surface area contributed by atoms with Gasteiger partial charge >= 0.3 is 0 Å². The number of aryl methyl sites for hydroxylation is 1. The zero-order valence-corrected chi connectivity index (χ0v) is 5.96. The number of terminal acetylenes is 1. The summed E-state index contributed by atoms with van der Waals surface area (Å²) in [5, 5.41) is 0.